The van der Waals surface area contributed by atoms with E-state index in [0.29, 0.717) is 19.6 Å². The van der Waals surface area contributed by atoms with Gasteiger partial charge >= 0.3 is 11.8 Å². The molecule has 1 aliphatic heterocycles. The maximum absolute atomic E-state index is 13.5. The number of morpholine rings is 1. The number of hydrogen-bond donors (Lipinski definition) is 2. The minimum atomic E-state index is -1.04. The number of ether oxygens (including phenoxy) is 1. The van der Waals surface area contributed by atoms with Crippen molar-refractivity contribution >= 4 is 17.5 Å². The number of benzene rings is 2. The summed E-state index contributed by atoms with van der Waals surface area (Å²) in [5.41, 5.74) is 0.761. The van der Waals surface area contributed by atoms with Gasteiger partial charge in [0.2, 0.25) is 0 Å². The fourth-order valence-electron chi connectivity index (χ4n) is 3.13. The Kier molecular flexibility index (Phi) is 7.26. The molecule has 8 heteroatoms. The number of carbonyl (C=O) groups is 2. The van der Waals surface area contributed by atoms with Crippen LogP contribution >= 0.6 is 0 Å². The van der Waals surface area contributed by atoms with Crippen LogP contribution in [0.15, 0.2) is 48.5 Å². The lowest BCUT2D eigenvalue weighted by molar-refractivity contribution is -0.136. The van der Waals surface area contributed by atoms with Crippen molar-refractivity contribution in [2.75, 3.05) is 38.1 Å². The first kappa shape index (κ1) is 20.9. The largest absolute Gasteiger partial charge is 0.371 e. The Hall–Kier alpha value is -2.84. The minimum Gasteiger partial charge on any atom is -0.371 e. The number of hydrogen-bond acceptors (Lipinski definition) is 4. The normalized spacial score (nSPS) is 17.0. The topological polar surface area (TPSA) is 70.7 Å². The Bertz CT molecular complexity index is 848. The average Bonchev–Trinajstić information content (AvgIpc) is 2.74. The Labute approximate surface area is 167 Å². The third kappa shape index (κ3) is 6.07. The molecule has 1 aliphatic rings. The van der Waals surface area contributed by atoms with Crippen LogP contribution in [-0.4, -0.2) is 49.5 Å². The molecule has 1 atom stereocenters. The SMILES string of the molecule is O=C(NCCCN1CCO[C@H](c2ccccc2)C1)C(=O)Nc1cc(F)ccc1F. The van der Waals surface area contributed by atoms with Crippen LogP contribution in [0.3, 0.4) is 0 Å². The van der Waals surface area contributed by atoms with E-state index in [-0.39, 0.29) is 11.8 Å². The van der Waals surface area contributed by atoms with Crippen molar-refractivity contribution in [1.82, 2.24) is 10.2 Å². The van der Waals surface area contributed by atoms with Gasteiger partial charge in [-0.2, -0.15) is 0 Å². The molecule has 6 nitrogen and oxygen atoms in total. The first-order valence-electron chi connectivity index (χ1n) is 9.46. The molecule has 0 saturated carbocycles. The number of carbonyl (C=O) groups excluding carboxylic acids is 2. The lowest BCUT2D eigenvalue weighted by Crippen LogP contribution is -2.41. The van der Waals surface area contributed by atoms with Gasteiger partial charge in [-0.3, -0.25) is 14.5 Å². The summed E-state index contributed by atoms with van der Waals surface area (Å²) in [4.78, 5) is 25.9. The zero-order valence-corrected chi connectivity index (χ0v) is 15.9. The molecule has 2 amide bonds. The van der Waals surface area contributed by atoms with Gasteiger partial charge in [-0.25, -0.2) is 8.78 Å². The van der Waals surface area contributed by atoms with E-state index in [1.807, 2.05) is 30.3 Å². The molecule has 0 aromatic heterocycles. The van der Waals surface area contributed by atoms with Crippen molar-refractivity contribution < 1.29 is 23.1 Å². The molecular formula is C21H23F2N3O3. The maximum atomic E-state index is 13.5. The standard InChI is InChI=1S/C21H23F2N3O3/c22-16-7-8-17(23)18(13-16)25-21(28)20(27)24-9-4-10-26-11-12-29-19(14-26)15-5-2-1-3-6-15/h1-3,5-8,13,19H,4,9-12,14H2,(H,24,27)(H,25,28)/t19-/m0/s1. The molecule has 0 spiro atoms. The van der Waals surface area contributed by atoms with Crippen molar-refractivity contribution in [2.24, 2.45) is 0 Å². The highest BCUT2D eigenvalue weighted by molar-refractivity contribution is 6.39. The fourth-order valence-corrected chi connectivity index (χ4v) is 3.13. The molecule has 0 bridgehead atoms. The molecule has 1 saturated heterocycles. The summed E-state index contributed by atoms with van der Waals surface area (Å²) in [6.45, 7) is 3.24. The van der Waals surface area contributed by atoms with Crippen LogP contribution < -0.4 is 10.6 Å². The second kappa shape index (κ2) is 10.1. The van der Waals surface area contributed by atoms with Gasteiger partial charge in [0.1, 0.15) is 11.6 Å². The molecule has 154 valence electrons. The van der Waals surface area contributed by atoms with E-state index in [1.165, 1.54) is 0 Å². The van der Waals surface area contributed by atoms with Gasteiger partial charge in [-0.15, -0.1) is 0 Å². The van der Waals surface area contributed by atoms with Crippen LogP contribution in [0.4, 0.5) is 14.5 Å². The van der Waals surface area contributed by atoms with E-state index in [0.717, 1.165) is 43.4 Å². The molecule has 29 heavy (non-hydrogen) atoms. The first-order chi connectivity index (χ1) is 14.0. The van der Waals surface area contributed by atoms with E-state index in [4.69, 9.17) is 4.74 Å². The van der Waals surface area contributed by atoms with Gasteiger partial charge in [0.25, 0.3) is 0 Å². The lowest BCUT2D eigenvalue weighted by atomic mass is 10.1. The van der Waals surface area contributed by atoms with Crippen LogP contribution in [0.2, 0.25) is 0 Å². The van der Waals surface area contributed by atoms with E-state index in [1.54, 1.807) is 0 Å². The van der Waals surface area contributed by atoms with Crippen LogP contribution in [0, 0.1) is 11.6 Å². The van der Waals surface area contributed by atoms with Gasteiger partial charge in [0.15, 0.2) is 0 Å². The molecule has 0 aliphatic carbocycles. The highest BCUT2D eigenvalue weighted by atomic mass is 19.1. The molecule has 0 unspecified atom stereocenters. The summed E-state index contributed by atoms with van der Waals surface area (Å²) in [6, 6.07) is 12.6. The molecule has 2 aromatic rings. The monoisotopic (exact) mass is 403 g/mol. The quantitative estimate of drug-likeness (QED) is 0.574. The Morgan fingerprint density at radius 1 is 1.10 bits per heavy atom. The van der Waals surface area contributed by atoms with Crippen LogP contribution in [-0.2, 0) is 14.3 Å². The number of nitrogens with one attached hydrogen (secondary N) is 2. The molecule has 1 fully saturated rings. The summed E-state index contributed by atoms with van der Waals surface area (Å²) in [6.07, 6.45) is 0.668. The Morgan fingerprint density at radius 2 is 1.90 bits per heavy atom. The highest BCUT2D eigenvalue weighted by Gasteiger charge is 2.21. The van der Waals surface area contributed by atoms with E-state index in [9.17, 15) is 18.4 Å². The van der Waals surface area contributed by atoms with Crippen LogP contribution in [0.5, 0.6) is 0 Å². The molecule has 3 rings (SSSR count). The van der Waals surface area contributed by atoms with Crippen molar-refractivity contribution in [1.29, 1.82) is 0 Å². The van der Waals surface area contributed by atoms with Gasteiger partial charge < -0.3 is 15.4 Å². The lowest BCUT2D eigenvalue weighted by Gasteiger charge is -2.33. The van der Waals surface area contributed by atoms with Gasteiger partial charge in [-0.1, -0.05) is 30.3 Å². The molecule has 1 heterocycles. The van der Waals surface area contributed by atoms with E-state index < -0.39 is 23.4 Å². The summed E-state index contributed by atoms with van der Waals surface area (Å²) in [5, 5.41) is 4.57. The van der Waals surface area contributed by atoms with Gasteiger partial charge in [0, 0.05) is 32.2 Å². The van der Waals surface area contributed by atoms with Crippen molar-refractivity contribution in [3.05, 3.63) is 65.7 Å². The number of anilines is 1. The van der Waals surface area contributed by atoms with Crippen molar-refractivity contribution in [3.8, 4) is 0 Å². The van der Waals surface area contributed by atoms with Crippen LogP contribution in [0.1, 0.15) is 18.1 Å². The maximum Gasteiger partial charge on any atom is 0.313 e. The average molecular weight is 403 g/mol. The van der Waals surface area contributed by atoms with Gasteiger partial charge in [0.05, 0.1) is 18.4 Å². The Morgan fingerprint density at radius 3 is 2.69 bits per heavy atom. The highest BCUT2D eigenvalue weighted by Crippen LogP contribution is 2.21. The predicted octanol–water partition coefficient (Wildman–Crippen LogP) is 2.48. The van der Waals surface area contributed by atoms with Crippen molar-refractivity contribution in [3.63, 3.8) is 0 Å². The van der Waals surface area contributed by atoms with E-state index >= 15 is 0 Å². The molecule has 0 radical (unpaired) electrons. The van der Waals surface area contributed by atoms with Crippen molar-refractivity contribution in [2.45, 2.75) is 12.5 Å². The van der Waals surface area contributed by atoms with Crippen LogP contribution in [0.25, 0.3) is 0 Å². The minimum absolute atomic E-state index is 0.0199. The third-order valence-electron chi connectivity index (χ3n) is 4.64. The number of amides is 2. The Balaban J connectivity index is 1.39. The zero-order chi connectivity index (χ0) is 20.6. The third-order valence-corrected chi connectivity index (χ3v) is 4.64. The number of rotatable bonds is 6. The smallest absolute Gasteiger partial charge is 0.313 e. The zero-order valence-electron chi connectivity index (χ0n) is 15.9. The van der Waals surface area contributed by atoms with E-state index in [2.05, 4.69) is 15.5 Å². The predicted molar refractivity (Wildman–Crippen MR) is 104 cm³/mol. The molecular weight excluding hydrogens is 380 g/mol. The fraction of sp³-hybridized carbons (Fsp3) is 0.333. The summed E-state index contributed by atoms with van der Waals surface area (Å²) in [7, 11) is 0. The second-order valence-electron chi connectivity index (χ2n) is 6.76. The molecule has 2 aromatic carbocycles. The number of nitrogens with zero attached hydrogens (tertiary/aromatic N) is 1. The summed E-state index contributed by atoms with van der Waals surface area (Å²) < 4.78 is 32.5. The molecule has 2 N–H and O–H groups in total. The van der Waals surface area contributed by atoms with Gasteiger partial charge in [-0.05, 0) is 24.1 Å². The number of halogens is 2. The summed E-state index contributed by atoms with van der Waals surface area (Å²) in [5.74, 6) is -3.45. The first-order valence-corrected chi connectivity index (χ1v) is 9.46. The second-order valence-corrected chi connectivity index (χ2v) is 6.76. The summed E-state index contributed by atoms with van der Waals surface area (Å²) >= 11 is 0.